The predicted molar refractivity (Wildman–Crippen MR) is 50.8 cm³/mol. The Morgan fingerprint density at radius 1 is 1.42 bits per heavy atom. The Morgan fingerprint density at radius 3 is 3.25 bits per heavy atom. The number of rotatable bonds is 0. The second-order valence-corrected chi connectivity index (χ2v) is 2.78. The van der Waals surface area contributed by atoms with Gasteiger partial charge in [0.25, 0.3) is 0 Å². The lowest BCUT2D eigenvalue weighted by Crippen LogP contribution is -1.83. The molecule has 12 heavy (non-hydrogen) atoms. The lowest BCUT2D eigenvalue weighted by Gasteiger charge is -2.00. The van der Waals surface area contributed by atoms with Gasteiger partial charge < -0.3 is 0 Å². The summed E-state index contributed by atoms with van der Waals surface area (Å²) in [7, 11) is 0. The minimum Gasteiger partial charge on any atom is -0.259 e. The molecule has 0 unspecified atom stereocenters. The van der Waals surface area contributed by atoms with Crippen molar-refractivity contribution in [2.24, 2.45) is 4.99 Å². The van der Waals surface area contributed by atoms with Crippen LogP contribution in [0.5, 0.6) is 0 Å². The van der Waals surface area contributed by atoms with Gasteiger partial charge in [-0.25, -0.2) is 0 Å². The maximum Gasteiger partial charge on any atom is 0.0910 e. The highest BCUT2D eigenvalue weighted by Gasteiger charge is 2.02. The first kappa shape index (κ1) is 7.22. The van der Waals surface area contributed by atoms with Crippen molar-refractivity contribution in [3.8, 4) is 0 Å². The van der Waals surface area contributed by atoms with Gasteiger partial charge in [-0.1, -0.05) is 12.2 Å². The minimum atomic E-state index is 0.911. The number of nitrogens with zero attached hydrogens (tertiary/aromatic N) is 2. The van der Waals surface area contributed by atoms with E-state index in [0.717, 1.165) is 23.4 Å². The Bertz CT molecular complexity index is 351. The number of allylic oxidation sites excluding steroid dienone is 1. The summed E-state index contributed by atoms with van der Waals surface area (Å²) in [6.07, 6.45) is 8.84. The lowest BCUT2D eigenvalue weighted by molar-refractivity contribution is 1.18. The molecule has 0 aliphatic carbocycles. The van der Waals surface area contributed by atoms with Crippen LogP contribution in [0.2, 0.25) is 0 Å². The van der Waals surface area contributed by atoms with E-state index >= 15 is 0 Å². The molecule has 1 aromatic rings. The maximum atomic E-state index is 4.34. The second-order valence-electron chi connectivity index (χ2n) is 2.78. The molecule has 1 aromatic heterocycles. The summed E-state index contributed by atoms with van der Waals surface area (Å²) in [6.45, 7) is 1.98. The largest absolute Gasteiger partial charge is 0.259 e. The molecule has 1 aliphatic heterocycles. The normalized spacial score (nSPS) is 14.1. The Labute approximate surface area is 71.7 Å². The molecule has 0 amide bonds. The van der Waals surface area contributed by atoms with Crippen molar-refractivity contribution >= 4 is 18.0 Å². The van der Waals surface area contributed by atoms with Crippen molar-refractivity contribution in [2.75, 3.05) is 0 Å². The van der Waals surface area contributed by atoms with E-state index in [2.05, 4.69) is 22.1 Å². The van der Waals surface area contributed by atoms with Gasteiger partial charge in [-0.15, -0.1) is 0 Å². The molecule has 0 atom stereocenters. The van der Waals surface area contributed by atoms with Crippen molar-refractivity contribution in [3.05, 3.63) is 29.6 Å². The molecule has 0 aromatic carbocycles. The molecular weight excluding hydrogens is 148 g/mol. The summed E-state index contributed by atoms with van der Waals surface area (Å²) in [4.78, 5) is 8.52. The molecule has 0 N–H and O–H groups in total. The maximum absolute atomic E-state index is 4.34. The number of hydrogen-bond donors (Lipinski definition) is 0. The Kier molecular flexibility index (Phi) is 1.74. The van der Waals surface area contributed by atoms with Crippen LogP contribution < -0.4 is 0 Å². The van der Waals surface area contributed by atoms with Gasteiger partial charge in [-0.3, -0.25) is 9.98 Å². The molecule has 2 heterocycles. The van der Waals surface area contributed by atoms with E-state index in [1.54, 1.807) is 0 Å². The van der Waals surface area contributed by atoms with Crippen molar-refractivity contribution in [1.82, 2.24) is 4.98 Å². The van der Waals surface area contributed by atoms with E-state index in [1.807, 2.05) is 25.4 Å². The quantitative estimate of drug-likeness (QED) is 0.569. The van der Waals surface area contributed by atoms with Crippen LogP contribution in [0.3, 0.4) is 0 Å². The minimum absolute atomic E-state index is 0.911. The number of hydrogen-bond acceptors (Lipinski definition) is 2. The van der Waals surface area contributed by atoms with Gasteiger partial charge in [0.1, 0.15) is 0 Å². The summed E-state index contributed by atoms with van der Waals surface area (Å²) in [5.41, 5.74) is 3.16. The van der Waals surface area contributed by atoms with Gasteiger partial charge in [-0.05, 0) is 13.0 Å². The molecule has 1 aliphatic rings. The zero-order chi connectivity index (χ0) is 8.39. The van der Waals surface area contributed by atoms with E-state index in [0.29, 0.717) is 0 Å². The molecule has 0 fully saturated rings. The topological polar surface area (TPSA) is 25.2 Å². The predicted octanol–water partition coefficient (Wildman–Crippen LogP) is 2.51. The fourth-order valence-corrected chi connectivity index (χ4v) is 1.28. The fraction of sp³-hybridized carbons (Fsp3) is 0.200. The van der Waals surface area contributed by atoms with Gasteiger partial charge in [0.2, 0.25) is 0 Å². The van der Waals surface area contributed by atoms with Gasteiger partial charge in [0, 0.05) is 24.4 Å². The third-order valence-corrected chi connectivity index (χ3v) is 1.90. The number of aryl methyl sites for hydroxylation is 1. The molecule has 2 rings (SSSR count). The van der Waals surface area contributed by atoms with Crippen LogP contribution in [-0.2, 0) is 0 Å². The third-order valence-electron chi connectivity index (χ3n) is 1.90. The van der Waals surface area contributed by atoms with Crippen LogP contribution in [0, 0.1) is 6.92 Å². The highest BCUT2D eigenvalue weighted by atomic mass is 14.8. The summed E-state index contributed by atoms with van der Waals surface area (Å²) in [5, 5.41) is 0. The van der Waals surface area contributed by atoms with Crippen molar-refractivity contribution in [2.45, 2.75) is 13.3 Å². The average Bonchev–Trinajstić information content (AvgIpc) is 2.30. The number of aromatic nitrogens is 1. The van der Waals surface area contributed by atoms with E-state index in [-0.39, 0.29) is 0 Å². The monoisotopic (exact) mass is 158 g/mol. The van der Waals surface area contributed by atoms with Crippen LogP contribution in [0.1, 0.15) is 17.7 Å². The lowest BCUT2D eigenvalue weighted by atomic mass is 10.2. The van der Waals surface area contributed by atoms with Crippen molar-refractivity contribution in [1.29, 1.82) is 0 Å². The van der Waals surface area contributed by atoms with Gasteiger partial charge >= 0.3 is 0 Å². The molecule has 60 valence electrons. The van der Waals surface area contributed by atoms with E-state index in [9.17, 15) is 0 Å². The first-order chi connectivity index (χ1) is 5.88. The first-order valence-corrected chi connectivity index (χ1v) is 4.02. The SMILES string of the molecule is Cc1nccc2c1N=CCC=C2. The van der Waals surface area contributed by atoms with E-state index in [1.165, 1.54) is 0 Å². The summed E-state index contributed by atoms with van der Waals surface area (Å²) in [5.74, 6) is 0. The van der Waals surface area contributed by atoms with Crippen LogP contribution in [0.4, 0.5) is 5.69 Å². The van der Waals surface area contributed by atoms with Crippen LogP contribution in [0.15, 0.2) is 23.3 Å². The zero-order valence-electron chi connectivity index (χ0n) is 6.99. The molecule has 0 radical (unpaired) electrons. The number of fused-ring (bicyclic) bond motifs is 1. The molecule has 2 nitrogen and oxygen atoms in total. The third kappa shape index (κ3) is 1.16. The summed E-state index contributed by atoms with van der Waals surface area (Å²) < 4.78 is 0. The standard InChI is InChI=1S/C10H10N2/c1-8-10-9(5-7-11-8)4-2-3-6-12-10/h2,4-7H,3H2,1H3. The van der Waals surface area contributed by atoms with Gasteiger partial charge in [0.05, 0.1) is 11.4 Å². The Hall–Kier alpha value is -1.44. The molecule has 0 bridgehead atoms. The molecule has 2 heteroatoms. The van der Waals surface area contributed by atoms with Crippen LogP contribution in [0.25, 0.3) is 6.08 Å². The average molecular weight is 158 g/mol. The molecule has 0 saturated carbocycles. The molecular formula is C10H10N2. The van der Waals surface area contributed by atoms with Crippen LogP contribution in [-0.4, -0.2) is 11.2 Å². The smallest absolute Gasteiger partial charge is 0.0910 e. The summed E-state index contributed by atoms with van der Waals surface area (Å²) >= 11 is 0. The summed E-state index contributed by atoms with van der Waals surface area (Å²) in [6, 6.07) is 1.99. The number of pyridine rings is 1. The molecule has 0 spiro atoms. The zero-order valence-corrected chi connectivity index (χ0v) is 6.99. The number of aliphatic imine (C=N–C) groups is 1. The molecule has 0 saturated heterocycles. The van der Waals surface area contributed by atoms with E-state index < -0.39 is 0 Å². The van der Waals surface area contributed by atoms with Crippen LogP contribution >= 0.6 is 0 Å². The highest BCUT2D eigenvalue weighted by molar-refractivity contribution is 5.76. The van der Waals surface area contributed by atoms with E-state index in [4.69, 9.17) is 0 Å². The second kappa shape index (κ2) is 2.89. The fourth-order valence-electron chi connectivity index (χ4n) is 1.28. The highest BCUT2D eigenvalue weighted by Crippen LogP contribution is 2.24. The van der Waals surface area contributed by atoms with Crippen molar-refractivity contribution in [3.63, 3.8) is 0 Å². The Balaban J connectivity index is 2.65. The first-order valence-electron chi connectivity index (χ1n) is 4.02. The van der Waals surface area contributed by atoms with Gasteiger partial charge in [-0.2, -0.15) is 0 Å². The van der Waals surface area contributed by atoms with Gasteiger partial charge in [0.15, 0.2) is 0 Å². The van der Waals surface area contributed by atoms with Crippen molar-refractivity contribution < 1.29 is 0 Å². The Morgan fingerprint density at radius 2 is 2.33 bits per heavy atom.